The van der Waals surface area contributed by atoms with Crippen molar-refractivity contribution >= 4 is 65.4 Å². The van der Waals surface area contributed by atoms with Crippen molar-refractivity contribution < 1.29 is 0 Å². The third-order valence-corrected chi connectivity index (χ3v) is 11.5. The van der Waals surface area contributed by atoms with E-state index in [1.165, 1.54) is 93.2 Å². The minimum atomic E-state index is 1.15. The molecule has 0 aliphatic rings. The SMILES string of the molecule is Cc1cc(-n2c3ccccc3c3cc(-c4ccccc4C)c(C)cc32)cc(-n2c3ccccc3c3cc4c5ccccc5n(-c5ccccc5)c4cc32)c1. The molecule has 0 saturated heterocycles. The van der Waals surface area contributed by atoms with Gasteiger partial charge in [0.05, 0.1) is 33.1 Å². The van der Waals surface area contributed by atoms with Gasteiger partial charge in [-0.15, -0.1) is 0 Å². The molecular formula is C51H37N3. The van der Waals surface area contributed by atoms with Crippen molar-refractivity contribution in [2.24, 2.45) is 0 Å². The lowest BCUT2D eigenvalue weighted by Crippen LogP contribution is -2.00. The number of aromatic nitrogens is 3. The first kappa shape index (κ1) is 30.8. The fraction of sp³-hybridized carbons (Fsp3) is 0.0588. The summed E-state index contributed by atoms with van der Waals surface area (Å²) < 4.78 is 7.36. The van der Waals surface area contributed by atoms with E-state index in [2.05, 4.69) is 204 Å². The first-order valence-corrected chi connectivity index (χ1v) is 18.8. The second kappa shape index (κ2) is 11.6. The number of rotatable bonds is 4. The standard InChI is InChI=1S/C51H37N3/c1-32-25-36(53-47-23-13-10-19-39(47)43-29-42(34(3)27-49(43)53)38-18-8-7-15-33(38)2)28-37(26-32)54-48-24-14-11-21-41(48)45-30-44-40-20-9-12-22-46(40)52(50(44)31-51(45)54)35-16-5-4-6-17-35/h4-31H,1-3H3. The number of aryl methyl sites for hydroxylation is 3. The molecule has 11 aromatic rings. The topological polar surface area (TPSA) is 14.8 Å². The number of nitrogens with zero attached hydrogens (tertiary/aromatic N) is 3. The van der Waals surface area contributed by atoms with E-state index in [0.29, 0.717) is 0 Å². The Morgan fingerprint density at radius 3 is 1.31 bits per heavy atom. The van der Waals surface area contributed by atoms with Gasteiger partial charge in [-0.1, -0.05) is 97.1 Å². The van der Waals surface area contributed by atoms with E-state index in [1.807, 2.05) is 0 Å². The maximum Gasteiger partial charge on any atom is 0.0562 e. The van der Waals surface area contributed by atoms with Crippen LogP contribution >= 0.6 is 0 Å². The van der Waals surface area contributed by atoms with Crippen LogP contribution in [0.3, 0.4) is 0 Å². The summed E-state index contributed by atoms with van der Waals surface area (Å²) in [5.74, 6) is 0. The summed E-state index contributed by atoms with van der Waals surface area (Å²) in [4.78, 5) is 0. The molecule has 0 radical (unpaired) electrons. The van der Waals surface area contributed by atoms with Crippen molar-refractivity contribution in [1.82, 2.24) is 13.7 Å². The van der Waals surface area contributed by atoms with Crippen LogP contribution in [0.2, 0.25) is 0 Å². The van der Waals surface area contributed by atoms with Crippen molar-refractivity contribution in [2.45, 2.75) is 20.8 Å². The average molecular weight is 692 g/mol. The predicted molar refractivity (Wildman–Crippen MR) is 229 cm³/mol. The average Bonchev–Trinajstić information content (AvgIpc) is 3.82. The van der Waals surface area contributed by atoms with E-state index in [4.69, 9.17) is 0 Å². The maximum absolute atomic E-state index is 2.48. The van der Waals surface area contributed by atoms with Crippen LogP contribution in [0.15, 0.2) is 170 Å². The van der Waals surface area contributed by atoms with Gasteiger partial charge in [0.2, 0.25) is 0 Å². The Bertz CT molecular complexity index is 3300. The molecule has 0 fully saturated rings. The molecule has 0 saturated carbocycles. The molecule has 0 aliphatic carbocycles. The first-order valence-electron chi connectivity index (χ1n) is 18.8. The molecule has 0 unspecified atom stereocenters. The van der Waals surface area contributed by atoms with Gasteiger partial charge in [0.25, 0.3) is 0 Å². The minimum Gasteiger partial charge on any atom is -0.309 e. The molecular weight excluding hydrogens is 655 g/mol. The molecule has 256 valence electrons. The lowest BCUT2D eigenvalue weighted by Gasteiger charge is -2.15. The van der Waals surface area contributed by atoms with Crippen LogP contribution in [0.25, 0.3) is 93.6 Å². The molecule has 0 spiro atoms. The van der Waals surface area contributed by atoms with E-state index >= 15 is 0 Å². The number of hydrogen-bond acceptors (Lipinski definition) is 0. The summed E-state index contributed by atoms with van der Waals surface area (Å²) in [6, 6.07) is 62.6. The summed E-state index contributed by atoms with van der Waals surface area (Å²) >= 11 is 0. The van der Waals surface area contributed by atoms with Crippen LogP contribution in [0.1, 0.15) is 16.7 Å². The fourth-order valence-corrected chi connectivity index (χ4v) is 9.13. The van der Waals surface area contributed by atoms with Crippen molar-refractivity contribution in [3.05, 3.63) is 187 Å². The maximum atomic E-state index is 2.48. The van der Waals surface area contributed by atoms with Gasteiger partial charge in [-0.25, -0.2) is 0 Å². The molecule has 8 aromatic carbocycles. The van der Waals surface area contributed by atoms with Gasteiger partial charge >= 0.3 is 0 Å². The van der Waals surface area contributed by atoms with E-state index < -0.39 is 0 Å². The van der Waals surface area contributed by atoms with Crippen LogP contribution in [0.5, 0.6) is 0 Å². The number of hydrogen-bond donors (Lipinski definition) is 0. The van der Waals surface area contributed by atoms with Gasteiger partial charge in [0.15, 0.2) is 0 Å². The van der Waals surface area contributed by atoms with E-state index in [1.54, 1.807) is 0 Å². The fourth-order valence-electron chi connectivity index (χ4n) is 9.13. The quantitative estimate of drug-likeness (QED) is 0.175. The van der Waals surface area contributed by atoms with Gasteiger partial charge in [0.1, 0.15) is 0 Å². The Morgan fingerprint density at radius 2 is 0.741 bits per heavy atom. The second-order valence-corrected chi connectivity index (χ2v) is 14.8. The Labute approximate surface area is 313 Å². The zero-order valence-electron chi connectivity index (χ0n) is 30.5. The largest absolute Gasteiger partial charge is 0.309 e. The Hall–Kier alpha value is -6.84. The number of benzene rings is 8. The number of para-hydroxylation sites is 4. The van der Waals surface area contributed by atoms with Crippen LogP contribution in [0.4, 0.5) is 0 Å². The van der Waals surface area contributed by atoms with Crippen molar-refractivity contribution in [1.29, 1.82) is 0 Å². The van der Waals surface area contributed by atoms with Crippen LogP contribution in [0, 0.1) is 20.8 Å². The molecule has 0 N–H and O–H groups in total. The van der Waals surface area contributed by atoms with E-state index in [0.717, 1.165) is 17.1 Å². The van der Waals surface area contributed by atoms with Crippen molar-refractivity contribution in [3.8, 4) is 28.2 Å². The van der Waals surface area contributed by atoms with Gasteiger partial charge in [-0.2, -0.15) is 0 Å². The van der Waals surface area contributed by atoms with Gasteiger partial charge in [-0.05, 0) is 121 Å². The molecule has 3 nitrogen and oxygen atoms in total. The third-order valence-electron chi connectivity index (χ3n) is 11.5. The molecule has 54 heavy (non-hydrogen) atoms. The minimum absolute atomic E-state index is 1.15. The second-order valence-electron chi connectivity index (χ2n) is 14.8. The monoisotopic (exact) mass is 691 g/mol. The smallest absolute Gasteiger partial charge is 0.0562 e. The highest BCUT2D eigenvalue weighted by Gasteiger charge is 2.20. The first-order chi connectivity index (χ1) is 26.5. The van der Waals surface area contributed by atoms with Gasteiger partial charge in [-0.3, -0.25) is 0 Å². The van der Waals surface area contributed by atoms with Crippen molar-refractivity contribution in [2.75, 3.05) is 0 Å². The Kier molecular flexibility index (Phi) is 6.60. The summed E-state index contributed by atoms with van der Waals surface area (Å²) in [5, 5.41) is 7.57. The molecule has 11 rings (SSSR count). The summed E-state index contributed by atoms with van der Waals surface area (Å²) in [6.07, 6.45) is 0. The third kappa shape index (κ3) is 4.42. The molecule has 0 bridgehead atoms. The molecule has 0 aliphatic heterocycles. The molecule has 0 amide bonds. The predicted octanol–water partition coefficient (Wildman–Crippen LogP) is 13.6. The zero-order chi connectivity index (χ0) is 36.1. The Morgan fingerprint density at radius 1 is 0.278 bits per heavy atom. The highest BCUT2D eigenvalue weighted by Crippen LogP contribution is 2.41. The normalized spacial score (nSPS) is 12.0. The van der Waals surface area contributed by atoms with Gasteiger partial charge < -0.3 is 13.7 Å². The summed E-state index contributed by atoms with van der Waals surface area (Å²) in [6.45, 7) is 6.68. The zero-order valence-corrected chi connectivity index (χ0v) is 30.5. The van der Waals surface area contributed by atoms with Crippen LogP contribution in [-0.4, -0.2) is 13.7 Å². The van der Waals surface area contributed by atoms with Crippen molar-refractivity contribution in [3.63, 3.8) is 0 Å². The highest BCUT2D eigenvalue weighted by molar-refractivity contribution is 6.19. The highest BCUT2D eigenvalue weighted by atomic mass is 15.0. The number of fused-ring (bicyclic) bond motifs is 9. The summed E-state index contributed by atoms with van der Waals surface area (Å²) in [5.41, 5.74) is 17.1. The Balaban J connectivity index is 1.20. The lowest BCUT2D eigenvalue weighted by molar-refractivity contribution is 1.12. The van der Waals surface area contributed by atoms with Gasteiger partial charge in [0, 0.05) is 49.4 Å². The van der Waals surface area contributed by atoms with Crippen LogP contribution in [-0.2, 0) is 0 Å². The molecule has 3 heteroatoms. The molecule has 0 atom stereocenters. The molecule has 3 aromatic heterocycles. The van der Waals surface area contributed by atoms with E-state index in [-0.39, 0.29) is 0 Å². The van der Waals surface area contributed by atoms with E-state index in [9.17, 15) is 0 Å². The lowest BCUT2D eigenvalue weighted by atomic mass is 9.95. The molecule has 3 heterocycles. The summed E-state index contributed by atoms with van der Waals surface area (Å²) in [7, 11) is 0. The van der Waals surface area contributed by atoms with Crippen LogP contribution < -0.4 is 0 Å².